The number of rotatable bonds is 1. The van der Waals surface area contributed by atoms with Crippen LogP contribution in [-0.4, -0.2) is 11.0 Å². The Hall–Kier alpha value is -0.760. The number of aryl methyl sites for hydroxylation is 1. The lowest BCUT2D eigenvalue weighted by Crippen LogP contribution is -2.33. The van der Waals surface area contributed by atoms with Gasteiger partial charge in [-0.05, 0) is 36.0 Å². The Labute approximate surface area is 108 Å². The van der Waals surface area contributed by atoms with Crippen molar-refractivity contribution in [2.75, 3.05) is 0 Å². The monoisotopic (exact) mass is 248 g/mol. The molecular weight excluding hydrogens is 228 g/mol. The number of aldehydes is 1. The second-order valence-electron chi connectivity index (χ2n) is 6.25. The molecule has 2 rings (SSSR count). The molecule has 0 saturated heterocycles. The van der Waals surface area contributed by atoms with Crippen LogP contribution < -0.4 is 0 Å². The van der Waals surface area contributed by atoms with E-state index in [-0.39, 0.29) is 10.2 Å². The third-order valence-corrected chi connectivity index (χ3v) is 4.73. The number of thioether (sulfide) groups is 1. The summed E-state index contributed by atoms with van der Waals surface area (Å²) in [5.41, 5.74) is 3.50. The highest BCUT2D eigenvalue weighted by atomic mass is 32.2. The Morgan fingerprint density at radius 3 is 2.47 bits per heavy atom. The van der Waals surface area contributed by atoms with Crippen molar-refractivity contribution < 1.29 is 4.79 Å². The molecule has 0 aliphatic carbocycles. The van der Waals surface area contributed by atoms with Crippen LogP contribution in [0, 0.1) is 6.92 Å². The van der Waals surface area contributed by atoms with E-state index in [0.717, 1.165) is 23.8 Å². The van der Waals surface area contributed by atoms with Crippen molar-refractivity contribution in [3.05, 3.63) is 28.8 Å². The highest BCUT2D eigenvalue weighted by molar-refractivity contribution is 8.00. The topological polar surface area (TPSA) is 17.1 Å². The van der Waals surface area contributed by atoms with Crippen LogP contribution in [0.3, 0.4) is 0 Å². The molecule has 0 N–H and O–H groups in total. The van der Waals surface area contributed by atoms with Crippen LogP contribution in [0.2, 0.25) is 0 Å². The Morgan fingerprint density at radius 2 is 1.88 bits per heavy atom. The normalized spacial score (nSPS) is 20.8. The summed E-state index contributed by atoms with van der Waals surface area (Å²) in [6, 6.07) is 4.26. The van der Waals surface area contributed by atoms with Crippen molar-refractivity contribution in [2.45, 2.75) is 56.1 Å². The minimum absolute atomic E-state index is 0.191. The van der Waals surface area contributed by atoms with Crippen LogP contribution in [0.4, 0.5) is 0 Å². The molecule has 0 unspecified atom stereocenters. The summed E-state index contributed by atoms with van der Waals surface area (Å²) >= 11 is 1.90. The second kappa shape index (κ2) is 3.88. The Bertz CT molecular complexity index is 472. The summed E-state index contributed by atoms with van der Waals surface area (Å²) in [6.45, 7) is 11.2. The van der Waals surface area contributed by atoms with Gasteiger partial charge in [0.15, 0.2) is 0 Å². The van der Waals surface area contributed by atoms with Crippen LogP contribution in [0.25, 0.3) is 0 Å². The molecule has 1 aliphatic rings. The first kappa shape index (κ1) is 12.7. The summed E-state index contributed by atoms with van der Waals surface area (Å²) in [4.78, 5) is 12.3. The molecule has 1 heterocycles. The lowest BCUT2D eigenvalue weighted by atomic mass is 9.76. The Morgan fingerprint density at radius 1 is 1.24 bits per heavy atom. The van der Waals surface area contributed by atoms with Gasteiger partial charge in [-0.1, -0.05) is 33.8 Å². The van der Waals surface area contributed by atoms with E-state index in [4.69, 9.17) is 0 Å². The average Bonchev–Trinajstić information content (AvgIpc) is 2.16. The molecule has 2 heteroatoms. The van der Waals surface area contributed by atoms with Gasteiger partial charge in [0.25, 0.3) is 0 Å². The first-order valence-corrected chi connectivity index (χ1v) is 6.86. The smallest absolute Gasteiger partial charge is 0.150 e. The van der Waals surface area contributed by atoms with Gasteiger partial charge >= 0.3 is 0 Å². The Kier molecular flexibility index (Phi) is 2.89. The number of carbonyl (C=O) groups is 1. The standard InChI is InChI=1S/C15H20OS/c1-10-6-12-13(7-11(10)8-16)17-15(4,5)9-14(12,2)3/h6-8H,9H2,1-5H3. The number of fused-ring (bicyclic) bond motifs is 1. The second-order valence-corrected chi connectivity index (χ2v) is 7.99. The quantitative estimate of drug-likeness (QED) is 0.687. The Balaban J connectivity index is 2.62. The molecule has 0 bridgehead atoms. The van der Waals surface area contributed by atoms with Crippen molar-refractivity contribution >= 4 is 18.0 Å². The molecule has 0 fully saturated rings. The fraction of sp³-hybridized carbons (Fsp3) is 0.533. The van der Waals surface area contributed by atoms with Crippen LogP contribution in [0.1, 0.15) is 55.6 Å². The minimum Gasteiger partial charge on any atom is -0.298 e. The van der Waals surface area contributed by atoms with E-state index >= 15 is 0 Å². The average molecular weight is 248 g/mol. The number of carbonyl (C=O) groups excluding carboxylic acids is 1. The largest absolute Gasteiger partial charge is 0.298 e. The third kappa shape index (κ3) is 2.28. The van der Waals surface area contributed by atoms with Crippen LogP contribution in [0.5, 0.6) is 0 Å². The maximum Gasteiger partial charge on any atom is 0.150 e. The van der Waals surface area contributed by atoms with Gasteiger partial charge in [-0.15, -0.1) is 11.8 Å². The predicted octanol–water partition coefficient (Wildman–Crippen LogP) is 4.36. The van der Waals surface area contributed by atoms with Gasteiger partial charge in [0.2, 0.25) is 0 Å². The van der Waals surface area contributed by atoms with Gasteiger partial charge in [-0.3, -0.25) is 4.79 Å². The zero-order valence-corrected chi connectivity index (χ0v) is 12.1. The molecule has 0 radical (unpaired) electrons. The molecule has 0 spiro atoms. The van der Waals surface area contributed by atoms with Gasteiger partial charge in [0.05, 0.1) is 0 Å². The molecule has 1 aromatic rings. The van der Waals surface area contributed by atoms with Gasteiger partial charge in [-0.2, -0.15) is 0 Å². The molecule has 0 aromatic heterocycles. The first-order chi connectivity index (χ1) is 7.75. The highest BCUT2D eigenvalue weighted by Crippen LogP contribution is 2.51. The van der Waals surface area contributed by atoms with E-state index in [9.17, 15) is 4.79 Å². The van der Waals surface area contributed by atoms with E-state index in [2.05, 4.69) is 39.8 Å². The maximum absolute atomic E-state index is 11.0. The molecule has 1 aliphatic heterocycles. The SMILES string of the molecule is Cc1cc2c(cc1C=O)SC(C)(C)CC2(C)C. The summed E-state index contributed by atoms with van der Waals surface area (Å²) in [5.74, 6) is 0. The van der Waals surface area contributed by atoms with Gasteiger partial charge in [0.1, 0.15) is 6.29 Å². The molecule has 0 saturated carbocycles. The summed E-state index contributed by atoms with van der Waals surface area (Å²) in [7, 11) is 0. The molecule has 0 atom stereocenters. The van der Waals surface area contributed by atoms with E-state index < -0.39 is 0 Å². The van der Waals surface area contributed by atoms with Crippen LogP contribution >= 0.6 is 11.8 Å². The van der Waals surface area contributed by atoms with Gasteiger partial charge < -0.3 is 0 Å². The molecular formula is C15H20OS. The lowest BCUT2D eigenvalue weighted by molar-refractivity contribution is 0.112. The molecule has 0 amide bonds. The molecule has 1 nitrogen and oxygen atoms in total. The minimum atomic E-state index is 0.191. The molecule has 1 aromatic carbocycles. The van der Waals surface area contributed by atoms with Crippen molar-refractivity contribution in [1.82, 2.24) is 0 Å². The number of benzene rings is 1. The predicted molar refractivity (Wildman–Crippen MR) is 74.1 cm³/mol. The fourth-order valence-corrected chi connectivity index (χ4v) is 4.60. The first-order valence-electron chi connectivity index (χ1n) is 6.04. The van der Waals surface area contributed by atoms with Crippen molar-refractivity contribution in [3.63, 3.8) is 0 Å². The fourth-order valence-electron chi connectivity index (χ4n) is 2.94. The van der Waals surface area contributed by atoms with Crippen molar-refractivity contribution in [1.29, 1.82) is 0 Å². The molecule has 17 heavy (non-hydrogen) atoms. The van der Waals surface area contributed by atoms with Gasteiger partial charge in [0, 0.05) is 15.2 Å². The lowest BCUT2D eigenvalue weighted by Gasteiger charge is -2.42. The number of hydrogen-bond acceptors (Lipinski definition) is 2. The highest BCUT2D eigenvalue weighted by Gasteiger charge is 2.38. The zero-order valence-electron chi connectivity index (χ0n) is 11.3. The van der Waals surface area contributed by atoms with Crippen molar-refractivity contribution in [2.24, 2.45) is 0 Å². The van der Waals surface area contributed by atoms with E-state index in [0.29, 0.717) is 0 Å². The van der Waals surface area contributed by atoms with Crippen LogP contribution in [-0.2, 0) is 5.41 Å². The van der Waals surface area contributed by atoms with E-state index in [1.807, 2.05) is 18.7 Å². The van der Waals surface area contributed by atoms with E-state index in [1.165, 1.54) is 10.5 Å². The van der Waals surface area contributed by atoms with Crippen LogP contribution in [0.15, 0.2) is 17.0 Å². The summed E-state index contributed by atoms with van der Waals surface area (Å²) in [6.07, 6.45) is 2.13. The van der Waals surface area contributed by atoms with Crippen molar-refractivity contribution in [3.8, 4) is 0 Å². The zero-order chi connectivity index (χ0) is 12.8. The summed E-state index contributed by atoms with van der Waals surface area (Å²) in [5, 5.41) is 0. The maximum atomic E-state index is 11.0. The third-order valence-electron chi connectivity index (χ3n) is 3.48. The number of hydrogen-bond donors (Lipinski definition) is 0. The van der Waals surface area contributed by atoms with Gasteiger partial charge in [-0.25, -0.2) is 0 Å². The molecule has 92 valence electrons. The van der Waals surface area contributed by atoms with E-state index in [1.54, 1.807) is 0 Å². The summed E-state index contributed by atoms with van der Waals surface area (Å²) < 4.78 is 0.242.